The van der Waals surface area contributed by atoms with Crippen LogP contribution in [0.2, 0.25) is 0 Å². The molecule has 0 radical (unpaired) electrons. The lowest BCUT2D eigenvalue weighted by atomic mass is 9.87. The molecular formula is C23H29N3O. The number of aromatic nitrogens is 1. The Morgan fingerprint density at radius 1 is 0.926 bits per heavy atom. The van der Waals surface area contributed by atoms with Crippen molar-refractivity contribution in [2.75, 3.05) is 13.1 Å². The van der Waals surface area contributed by atoms with Gasteiger partial charge in [0.25, 0.3) is 0 Å². The fourth-order valence-electron chi connectivity index (χ4n) is 4.67. The van der Waals surface area contributed by atoms with Crippen LogP contribution in [-0.2, 0) is 17.9 Å². The Balaban J connectivity index is 1.46. The van der Waals surface area contributed by atoms with E-state index in [4.69, 9.17) is 0 Å². The third kappa shape index (κ3) is 4.06. The summed E-state index contributed by atoms with van der Waals surface area (Å²) in [6.45, 7) is 6.00. The minimum Gasteiger partial charge on any atom is -0.333 e. The zero-order valence-electron chi connectivity index (χ0n) is 16.2. The Labute approximate surface area is 162 Å². The normalized spacial score (nSPS) is 23.7. The molecule has 2 fully saturated rings. The molecule has 0 N–H and O–H groups in total. The average molecular weight is 364 g/mol. The molecule has 1 amide bonds. The Bertz CT molecular complexity index is 774. The van der Waals surface area contributed by atoms with Gasteiger partial charge in [0.05, 0.1) is 0 Å². The van der Waals surface area contributed by atoms with Crippen LogP contribution in [0.25, 0.3) is 0 Å². The van der Waals surface area contributed by atoms with Crippen molar-refractivity contribution in [1.29, 1.82) is 0 Å². The molecule has 4 nitrogen and oxygen atoms in total. The number of pyridine rings is 1. The van der Waals surface area contributed by atoms with Gasteiger partial charge in [0.2, 0.25) is 5.91 Å². The van der Waals surface area contributed by atoms with Crippen molar-refractivity contribution in [2.24, 2.45) is 0 Å². The van der Waals surface area contributed by atoms with Crippen LogP contribution in [0.5, 0.6) is 0 Å². The molecule has 4 heteroatoms. The second-order valence-corrected chi connectivity index (χ2v) is 8.17. The summed E-state index contributed by atoms with van der Waals surface area (Å²) in [4.78, 5) is 21.6. The number of rotatable bonds is 4. The molecular weight excluding hydrogens is 334 g/mol. The van der Waals surface area contributed by atoms with Crippen LogP contribution in [0, 0.1) is 6.92 Å². The molecule has 27 heavy (non-hydrogen) atoms. The Kier molecular flexibility index (Phi) is 5.26. The first-order valence-corrected chi connectivity index (χ1v) is 10.1. The summed E-state index contributed by atoms with van der Waals surface area (Å²) in [5, 5.41) is 0. The molecule has 2 aliphatic rings. The SMILES string of the molecule is Cc1ccc(CN2C(=O)CCC23CCCN(Cc2ccncc2)CC3)cc1. The number of amides is 1. The molecule has 0 saturated carbocycles. The van der Waals surface area contributed by atoms with E-state index in [0.717, 1.165) is 51.9 Å². The van der Waals surface area contributed by atoms with E-state index < -0.39 is 0 Å². The van der Waals surface area contributed by atoms with Crippen molar-refractivity contribution < 1.29 is 4.79 Å². The largest absolute Gasteiger partial charge is 0.333 e. The van der Waals surface area contributed by atoms with E-state index in [9.17, 15) is 4.79 Å². The van der Waals surface area contributed by atoms with Gasteiger partial charge in [-0.3, -0.25) is 14.7 Å². The van der Waals surface area contributed by atoms with Crippen molar-refractivity contribution >= 4 is 5.91 Å². The highest BCUT2D eigenvalue weighted by atomic mass is 16.2. The van der Waals surface area contributed by atoms with E-state index in [1.54, 1.807) is 0 Å². The maximum atomic E-state index is 12.7. The van der Waals surface area contributed by atoms with E-state index in [1.165, 1.54) is 16.7 Å². The van der Waals surface area contributed by atoms with Crippen molar-refractivity contribution in [3.8, 4) is 0 Å². The van der Waals surface area contributed by atoms with Crippen molar-refractivity contribution in [3.05, 3.63) is 65.5 Å². The van der Waals surface area contributed by atoms with E-state index in [-0.39, 0.29) is 5.54 Å². The second-order valence-electron chi connectivity index (χ2n) is 8.17. The summed E-state index contributed by atoms with van der Waals surface area (Å²) in [6, 6.07) is 12.8. The Morgan fingerprint density at radius 2 is 1.67 bits per heavy atom. The number of aryl methyl sites for hydroxylation is 1. The highest BCUT2D eigenvalue weighted by Crippen LogP contribution is 2.40. The molecule has 1 aromatic carbocycles. The second kappa shape index (κ2) is 7.81. The van der Waals surface area contributed by atoms with E-state index in [0.29, 0.717) is 12.3 Å². The summed E-state index contributed by atoms with van der Waals surface area (Å²) in [6.07, 6.45) is 8.81. The fourth-order valence-corrected chi connectivity index (χ4v) is 4.67. The Hall–Kier alpha value is -2.20. The van der Waals surface area contributed by atoms with Crippen molar-refractivity contribution in [3.63, 3.8) is 0 Å². The van der Waals surface area contributed by atoms with Gasteiger partial charge < -0.3 is 4.90 Å². The third-order valence-corrected chi connectivity index (χ3v) is 6.30. The molecule has 2 aromatic rings. The van der Waals surface area contributed by atoms with Crippen LogP contribution in [0.3, 0.4) is 0 Å². The molecule has 1 unspecified atom stereocenters. The number of hydrogen-bond acceptors (Lipinski definition) is 3. The molecule has 4 rings (SSSR count). The first kappa shape index (κ1) is 18.2. The van der Waals surface area contributed by atoms with Crippen LogP contribution < -0.4 is 0 Å². The number of likely N-dealkylation sites (tertiary alicyclic amines) is 2. The van der Waals surface area contributed by atoms with Gasteiger partial charge in [-0.25, -0.2) is 0 Å². The molecule has 1 aromatic heterocycles. The zero-order chi connectivity index (χ0) is 18.7. The first-order valence-electron chi connectivity index (χ1n) is 10.1. The standard InChI is InChI=1S/C23H29N3O/c1-19-3-5-20(6-4-19)18-26-22(27)7-11-23(26)10-2-15-25(16-12-23)17-21-8-13-24-14-9-21/h3-6,8-9,13-14H,2,7,10-12,15-18H2,1H3. The van der Waals surface area contributed by atoms with Crippen LogP contribution >= 0.6 is 0 Å². The lowest BCUT2D eigenvalue weighted by Gasteiger charge is -2.38. The van der Waals surface area contributed by atoms with Gasteiger partial charge in [0.1, 0.15) is 0 Å². The van der Waals surface area contributed by atoms with Gasteiger partial charge in [-0.1, -0.05) is 29.8 Å². The lowest BCUT2D eigenvalue weighted by Crippen LogP contribution is -2.45. The zero-order valence-corrected chi connectivity index (χ0v) is 16.2. The topological polar surface area (TPSA) is 36.4 Å². The number of carbonyl (C=O) groups is 1. The molecule has 3 heterocycles. The van der Waals surface area contributed by atoms with Gasteiger partial charge in [-0.05, 0) is 62.4 Å². The molecule has 0 aliphatic carbocycles. The van der Waals surface area contributed by atoms with E-state index >= 15 is 0 Å². The average Bonchev–Trinajstić information content (AvgIpc) is 2.85. The molecule has 1 atom stereocenters. The maximum Gasteiger partial charge on any atom is 0.223 e. The number of carbonyl (C=O) groups excluding carboxylic acids is 1. The summed E-state index contributed by atoms with van der Waals surface area (Å²) in [7, 11) is 0. The van der Waals surface area contributed by atoms with Crippen LogP contribution in [0.4, 0.5) is 0 Å². The Morgan fingerprint density at radius 3 is 2.44 bits per heavy atom. The number of nitrogens with zero attached hydrogens (tertiary/aromatic N) is 3. The monoisotopic (exact) mass is 363 g/mol. The summed E-state index contributed by atoms with van der Waals surface area (Å²) < 4.78 is 0. The lowest BCUT2D eigenvalue weighted by molar-refractivity contribution is -0.132. The predicted molar refractivity (Wildman–Crippen MR) is 107 cm³/mol. The fraction of sp³-hybridized carbons (Fsp3) is 0.478. The number of benzene rings is 1. The minimum atomic E-state index is 0.0506. The van der Waals surface area contributed by atoms with E-state index in [1.807, 2.05) is 12.4 Å². The quantitative estimate of drug-likeness (QED) is 0.826. The van der Waals surface area contributed by atoms with Crippen molar-refractivity contribution in [2.45, 2.75) is 57.7 Å². The van der Waals surface area contributed by atoms with Gasteiger partial charge in [0, 0.05) is 44.0 Å². The molecule has 142 valence electrons. The van der Waals surface area contributed by atoms with Crippen molar-refractivity contribution in [1.82, 2.24) is 14.8 Å². The summed E-state index contributed by atoms with van der Waals surface area (Å²) >= 11 is 0. The first-order chi connectivity index (χ1) is 13.1. The van der Waals surface area contributed by atoms with Crippen LogP contribution in [-0.4, -0.2) is 39.3 Å². The van der Waals surface area contributed by atoms with Gasteiger partial charge >= 0.3 is 0 Å². The maximum absolute atomic E-state index is 12.7. The summed E-state index contributed by atoms with van der Waals surface area (Å²) in [5.41, 5.74) is 3.88. The smallest absolute Gasteiger partial charge is 0.223 e. The molecule has 2 saturated heterocycles. The molecule has 1 spiro atoms. The van der Waals surface area contributed by atoms with Crippen LogP contribution in [0.15, 0.2) is 48.8 Å². The minimum absolute atomic E-state index is 0.0506. The van der Waals surface area contributed by atoms with Gasteiger partial charge in [-0.15, -0.1) is 0 Å². The highest BCUT2D eigenvalue weighted by molar-refractivity contribution is 5.79. The third-order valence-electron chi connectivity index (χ3n) is 6.30. The molecule has 0 bridgehead atoms. The molecule has 2 aliphatic heterocycles. The van der Waals surface area contributed by atoms with E-state index in [2.05, 4.69) is 58.1 Å². The van der Waals surface area contributed by atoms with Crippen LogP contribution in [0.1, 0.15) is 48.8 Å². The van der Waals surface area contributed by atoms with Gasteiger partial charge in [-0.2, -0.15) is 0 Å². The van der Waals surface area contributed by atoms with Gasteiger partial charge in [0.15, 0.2) is 0 Å². The summed E-state index contributed by atoms with van der Waals surface area (Å²) in [5.74, 6) is 0.332. The highest BCUT2D eigenvalue weighted by Gasteiger charge is 2.45. The predicted octanol–water partition coefficient (Wildman–Crippen LogP) is 3.94. The number of hydrogen-bond donors (Lipinski definition) is 0.